The van der Waals surface area contributed by atoms with Crippen LogP contribution in [-0.4, -0.2) is 42.7 Å². The lowest BCUT2D eigenvalue weighted by Crippen LogP contribution is -2.42. The third kappa shape index (κ3) is 5.65. The molecular formula is C19H28Cl3N3O. The van der Waals surface area contributed by atoms with Crippen LogP contribution in [0.2, 0.25) is 0 Å². The van der Waals surface area contributed by atoms with Crippen LogP contribution < -0.4 is 9.64 Å². The van der Waals surface area contributed by atoms with Crippen LogP contribution >= 0.6 is 37.2 Å². The van der Waals surface area contributed by atoms with Crippen molar-refractivity contribution in [3.05, 3.63) is 54.2 Å². The van der Waals surface area contributed by atoms with Crippen LogP contribution in [0.15, 0.2) is 48.7 Å². The Hall–Kier alpha value is -1.20. The molecule has 1 aliphatic rings. The van der Waals surface area contributed by atoms with Crippen molar-refractivity contribution >= 4 is 43.0 Å². The van der Waals surface area contributed by atoms with Gasteiger partial charge >= 0.3 is 0 Å². The molecule has 2 heterocycles. The molecule has 4 nitrogen and oxygen atoms in total. The number of benzene rings is 1. The van der Waals surface area contributed by atoms with Gasteiger partial charge in [0.15, 0.2) is 11.6 Å². The Morgan fingerprint density at radius 2 is 1.73 bits per heavy atom. The normalized spacial score (nSPS) is 15.0. The number of anilines is 1. The van der Waals surface area contributed by atoms with Crippen molar-refractivity contribution in [3.8, 4) is 5.75 Å². The average Bonchev–Trinajstić information content (AvgIpc) is 2.63. The van der Waals surface area contributed by atoms with Crippen LogP contribution in [-0.2, 0) is 0 Å². The number of likely N-dealkylation sites (N-methyl/N-ethyl adjacent to an activating group) is 1. The first-order valence-electron chi connectivity index (χ1n) is 8.45. The summed E-state index contributed by atoms with van der Waals surface area (Å²) in [5.41, 5.74) is 1.28. The molecule has 1 aromatic heterocycles. The van der Waals surface area contributed by atoms with Gasteiger partial charge in [0.05, 0.1) is 6.04 Å². The molecule has 1 aromatic carbocycles. The van der Waals surface area contributed by atoms with Crippen LogP contribution in [0.5, 0.6) is 5.75 Å². The van der Waals surface area contributed by atoms with E-state index in [1.54, 1.807) is 0 Å². The van der Waals surface area contributed by atoms with E-state index in [4.69, 9.17) is 4.74 Å². The lowest BCUT2D eigenvalue weighted by atomic mass is 10.0. The predicted molar refractivity (Wildman–Crippen MR) is 116 cm³/mol. The molecule has 0 radical (unpaired) electrons. The van der Waals surface area contributed by atoms with Crippen molar-refractivity contribution in [1.29, 1.82) is 0 Å². The quantitative estimate of drug-likeness (QED) is 0.681. The Balaban J connectivity index is 0.00000208. The third-order valence-corrected chi connectivity index (χ3v) is 4.53. The van der Waals surface area contributed by atoms with E-state index in [1.807, 2.05) is 18.3 Å². The lowest BCUT2D eigenvalue weighted by molar-refractivity contribution is 0.249. The molecule has 0 aliphatic carbocycles. The standard InChI is InChI=1S/C19H25N3O.3ClH/c1-3-21(4-2)13-14-22-17(16-9-6-5-7-10-16)15-23-18-11-8-12-20-19(18)22;;;/h5-12,17H,3-4,13-15H2,1-2H3;3*1H. The number of rotatable bonds is 6. The number of aromatic nitrogens is 1. The molecule has 7 heteroatoms. The monoisotopic (exact) mass is 419 g/mol. The van der Waals surface area contributed by atoms with Crippen LogP contribution in [0.3, 0.4) is 0 Å². The highest BCUT2D eigenvalue weighted by Gasteiger charge is 2.29. The summed E-state index contributed by atoms with van der Waals surface area (Å²) in [5.74, 6) is 1.85. The van der Waals surface area contributed by atoms with Gasteiger partial charge in [0.25, 0.3) is 0 Å². The number of nitrogens with zero attached hydrogens (tertiary/aromatic N) is 3. The molecule has 0 bridgehead atoms. The first-order valence-corrected chi connectivity index (χ1v) is 8.45. The molecule has 2 aromatic rings. The number of hydrogen-bond donors (Lipinski definition) is 0. The molecule has 146 valence electrons. The zero-order valence-electron chi connectivity index (χ0n) is 15.2. The van der Waals surface area contributed by atoms with Crippen molar-refractivity contribution in [2.45, 2.75) is 19.9 Å². The number of hydrogen-bond acceptors (Lipinski definition) is 4. The van der Waals surface area contributed by atoms with Gasteiger partial charge in [-0.1, -0.05) is 44.2 Å². The Labute approximate surface area is 175 Å². The summed E-state index contributed by atoms with van der Waals surface area (Å²) in [5, 5.41) is 0. The van der Waals surface area contributed by atoms with Gasteiger partial charge in [-0.3, -0.25) is 0 Å². The lowest BCUT2D eigenvalue weighted by Gasteiger charge is -2.38. The van der Waals surface area contributed by atoms with Gasteiger partial charge in [-0.15, -0.1) is 37.2 Å². The first-order chi connectivity index (χ1) is 11.3. The fraction of sp³-hybridized carbons (Fsp3) is 0.421. The average molecular weight is 421 g/mol. The van der Waals surface area contributed by atoms with Crippen LogP contribution in [0.25, 0.3) is 0 Å². The zero-order chi connectivity index (χ0) is 16.1. The van der Waals surface area contributed by atoms with Gasteiger partial charge in [-0.25, -0.2) is 4.98 Å². The fourth-order valence-corrected chi connectivity index (χ4v) is 3.12. The molecule has 0 N–H and O–H groups in total. The molecule has 0 spiro atoms. The van der Waals surface area contributed by atoms with Gasteiger partial charge in [0, 0.05) is 19.3 Å². The summed E-state index contributed by atoms with van der Waals surface area (Å²) in [6.07, 6.45) is 1.85. The molecular weight excluding hydrogens is 393 g/mol. The van der Waals surface area contributed by atoms with E-state index in [0.717, 1.165) is 37.7 Å². The number of fused-ring (bicyclic) bond motifs is 1. The second-order valence-electron chi connectivity index (χ2n) is 5.78. The second-order valence-corrected chi connectivity index (χ2v) is 5.78. The maximum atomic E-state index is 5.96. The minimum absolute atomic E-state index is 0. The molecule has 0 amide bonds. The van der Waals surface area contributed by atoms with Crippen molar-refractivity contribution < 1.29 is 4.74 Å². The minimum Gasteiger partial charge on any atom is -0.487 e. The van der Waals surface area contributed by atoms with Crippen molar-refractivity contribution in [1.82, 2.24) is 9.88 Å². The van der Waals surface area contributed by atoms with E-state index < -0.39 is 0 Å². The fourth-order valence-electron chi connectivity index (χ4n) is 3.12. The van der Waals surface area contributed by atoms with Crippen LogP contribution in [0, 0.1) is 0 Å². The second kappa shape index (κ2) is 12.2. The highest BCUT2D eigenvalue weighted by atomic mass is 35.5. The largest absolute Gasteiger partial charge is 0.487 e. The molecule has 1 unspecified atom stereocenters. The Kier molecular flexibility index (Phi) is 11.7. The SMILES string of the molecule is CCN(CC)CCN1c2ncccc2OCC1c1ccccc1.Cl.Cl.Cl. The maximum Gasteiger partial charge on any atom is 0.172 e. The smallest absolute Gasteiger partial charge is 0.172 e. The summed E-state index contributed by atoms with van der Waals surface area (Å²) in [7, 11) is 0. The van der Waals surface area contributed by atoms with E-state index in [-0.39, 0.29) is 43.3 Å². The number of pyridine rings is 1. The van der Waals surface area contributed by atoms with Crippen LogP contribution in [0.1, 0.15) is 25.5 Å². The molecule has 0 saturated carbocycles. The first kappa shape index (κ1) is 24.8. The number of halogens is 3. The summed E-state index contributed by atoms with van der Waals surface area (Å²) in [6.45, 7) is 9.23. The van der Waals surface area contributed by atoms with Crippen molar-refractivity contribution in [2.75, 3.05) is 37.7 Å². The van der Waals surface area contributed by atoms with Gasteiger partial charge in [-0.2, -0.15) is 0 Å². The third-order valence-electron chi connectivity index (χ3n) is 4.53. The highest BCUT2D eigenvalue weighted by Crippen LogP contribution is 2.37. The van der Waals surface area contributed by atoms with Crippen molar-refractivity contribution in [2.24, 2.45) is 0 Å². The molecule has 0 saturated heterocycles. The summed E-state index contributed by atoms with van der Waals surface area (Å²) >= 11 is 0. The molecule has 3 rings (SSSR count). The van der Waals surface area contributed by atoms with E-state index >= 15 is 0 Å². The van der Waals surface area contributed by atoms with Crippen LogP contribution in [0.4, 0.5) is 5.82 Å². The topological polar surface area (TPSA) is 28.6 Å². The van der Waals surface area contributed by atoms with Gasteiger partial charge < -0.3 is 14.5 Å². The highest BCUT2D eigenvalue weighted by molar-refractivity contribution is 5.86. The van der Waals surface area contributed by atoms with Gasteiger partial charge in [0.2, 0.25) is 0 Å². The van der Waals surface area contributed by atoms with E-state index in [0.29, 0.717) is 6.61 Å². The van der Waals surface area contributed by atoms with E-state index in [1.165, 1.54) is 5.56 Å². The molecule has 1 aliphatic heterocycles. The summed E-state index contributed by atoms with van der Waals surface area (Å²) in [4.78, 5) is 9.43. The summed E-state index contributed by atoms with van der Waals surface area (Å²) < 4.78 is 5.96. The van der Waals surface area contributed by atoms with E-state index in [2.05, 4.69) is 59.0 Å². The molecule has 1 atom stereocenters. The zero-order valence-corrected chi connectivity index (χ0v) is 17.7. The molecule has 0 fully saturated rings. The van der Waals surface area contributed by atoms with Crippen molar-refractivity contribution in [3.63, 3.8) is 0 Å². The van der Waals surface area contributed by atoms with Gasteiger partial charge in [-0.05, 0) is 30.8 Å². The summed E-state index contributed by atoms with van der Waals surface area (Å²) in [6, 6.07) is 14.7. The van der Waals surface area contributed by atoms with E-state index in [9.17, 15) is 0 Å². The predicted octanol–water partition coefficient (Wildman–Crippen LogP) is 4.63. The minimum atomic E-state index is 0. The Bertz CT molecular complexity index is 626. The number of ether oxygens (including phenoxy) is 1. The Morgan fingerprint density at radius 3 is 2.38 bits per heavy atom. The Morgan fingerprint density at radius 1 is 1.04 bits per heavy atom. The molecule has 26 heavy (non-hydrogen) atoms. The van der Waals surface area contributed by atoms with Gasteiger partial charge in [0.1, 0.15) is 6.61 Å². The maximum absolute atomic E-state index is 5.96.